The lowest BCUT2D eigenvalue weighted by Gasteiger charge is -2.63. The number of nitrogens with zero attached hydrogens (tertiary/aromatic N) is 1. The van der Waals surface area contributed by atoms with Crippen molar-refractivity contribution in [3.8, 4) is 0 Å². The molecule has 0 saturated heterocycles. The molecule has 0 radical (unpaired) electrons. The van der Waals surface area contributed by atoms with E-state index in [9.17, 15) is 24.2 Å². The van der Waals surface area contributed by atoms with Crippen molar-refractivity contribution >= 4 is 11.7 Å². The molecule has 0 aromatic rings. The van der Waals surface area contributed by atoms with Gasteiger partial charge in [0, 0.05) is 35.3 Å². The molecule has 37 heavy (non-hydrogen) atoms. The van der Waals surface area contributed by atoms with Crippen LogP contribution in [0.3, 0.4) is 0 Å². The number of fused-ring (bicyclic) bond motifs is 2. The van der Waals surface area contributed by atoms with E-state index in [-0.39, 0.29) is 52.7 Å². The van der Waals surface area contributed by atoms with E-state index in [4.69, 9.17) is 0 Å². The van der Waals surface area contributed by atoms with Crippen LogP contribution >= 0.6 is 0 Å². The van der Waals surface area contributed by atoms with Crippen molar-refractivity contribution in [1.82, 2.24) is 10.2 Å². The number of Topliss-reactive ketones (excluding diaryl/α,β-unsaturated/α-hetero) is 1. The summed E-state index contributed by atoms with van der Waals surface area (Å²) in [6, 6.07) is -0.146. The Labute approximate surface area is 222 Å². The second-order valence-corrected chi connectivity index (χ2v) is 15.1. The van der Waals surface area contributed by atoms with E-state index in [2.05, 4.69) is 45.1 Å². The number of nitrogens with one attached hydrogen (secondary N) is 1. The summed E-state index contributed by atoms with van der Waals surface area (Å²) in [5.74, 6) is 0.0855. The van der Waals surface area contributed by atoms with Crippen LogP contribution in [0.2, 0.25) is 0 Å². The molecule has 5 aliphatic carbocycles. The zero-order valence-electron chi connectivity index (χ0n) is 24.2. The number of hydrogen-bond acceptors (Lipinski definition) is 5. The Kier molecular flexibility index (Phi) is 5.95. The molecule has 2 spiro atoms. The highest BCUT2D eigenvalue weighted by molar-refractivity contribution is 5.92. The fourth-order valence-electron chi connectivity index (χ4n) is 11.0. The molecule has 1 amide bonds. The van der Waals surface area contributed by atoms with Crippen LogP contribution in [-0.2, 0) is 9.59 Å². The summed E-state index contributed by atoms with van der Waals surface area (Å²) in [7, 11) is 4.11. The van der Waals surface area contributed by atoms with Gasteiger partial charge >= 0.3 is 0 Å². The summed E-state index contributed by atoms with van der Waals surface area (Å²) in [4.78, 5) is 29.1. The van der Waals surface area contributed by atoms with Crippen LogP contribution in [0.4, 0.5) is 4.39 Å². The maximum Gasteiger partial charge on any atom is 0.257 e. The predicted molar refractivity (Wildman–Crippen MR) is 140 cm³/mol. The van der Waals surface area contributed by atoms with Crippen LogP contribution in [0.1, 0.15) is 86.5 Å². The van der Waals surface area contributed by atoms with Crippen molar-refractivity contribution in [3.05, 3.63) is 0 Å². The number of hydrogen-bond donors (Lipinski definition) is 3. The summed E-state index contributed by atoms with van der Waals surface area (Å²) in [5, 5.41) is 25.1. The van der Waals surface area contributed by atoms with Crippen LogP contribution < -0.4 is 5.32 Å². The summed E-state index contributed by atoms with van der Waals surface area (Å²) in [6.45, 7) is 11.3. The lowest BCUT2D eigenvalue weighted by atomic mass is 9.41. The van der Waals surface area contributed by atoms with Crippen LogP contribution in [0, 0.1) is 44.8 Å². The molecule has 0 unspecified atom stereocenters. The van der Waals surface area contributed by atoms with Gasteiger partial charge in [-0.2, -0.15) is 0 Å². The number of alkyl halides is 1. The highest BCUT2D eigenvalue weighted by atomic mass is 19.1. The molecule has 0 bridgehead atoms. The van der Waals surface area contributed by atoms with E-state index in [0.29, 0.717) is 18.6 Å². The van der Waals surface area contributed by atoms with E-state index >= 15 is 0 Å². The molecule has 5 aliphatic rings. The Morgan fingerprint density at radius 3 is 2.35 bits per heavy atom. The van der Waals surface area contributed by atoms with E-state index in [1.54, 1.807) is 0 Å². The molecule has 0 heterocycles. The molecule has 0 aromatic carbocycles. The molecular weight excluding hydrogens is 471 g/mol. The summed E-state index contributed by atoms with van der Waals surface area (Å²) in [6.07, 6.45) is 4.90. The van der Waals surface area contributed by atoms with Gasteiger partial charge < -0.3 is 20.4 Å². The highest BCUT2D eigenvalue weighted by Crippen LogP contribution is 2.87. The maximum atomic E-state index is 14.4. The third-order valence-corrected chi connectivity index (χ3v) is 13.2. The third-order valence-electron chi connectivity index (χ3n) is 13.2. The van der Waals surface area contributed by atoms with Crippen LogP contribution in [0.25, 0.3) is 0 Å². The number of halogens is 1. The van der Waals surface area contributed by atoms with Gasteiger partial charge in [-0.05, 0) is 101 Å². The van der Waals surface area contributed by atoms with Gasteiger partial charge in [0.25, 0.3) is 5.91 Å². The highest BCUT2D eigenvalue weighted by Gasteiger charge is 2.86. The first-order valence-corrected chi connectivity index (χ1v) is 14.4. The van der Waals surface area contributed by atoms with Crippen LogP contribution in [0.15, 0.2) is 0 Å². The standard InChI is InChI=1S/C30H49FN2O4/c1-17(33(7)8)23-18(35)13-27(5)20-10-9-19-26(4,16-34)21(32-24(37)25(2,3)31)11-12-29(19)15-30(20,29)22(36)14-28(23,27)6/h17-21,23,34-35H,9-16H2,1-8H3,(H,32,37)/t17-,18+,19-,20-,21-,23-,26-,27-,28+,29+,30+/m0/s1. The average Bonchev–Trinajstić information content (AvgIpc) is 3.43. The van der Waals surface area contributed by atoms with Gasteiger partial charge in [0.15, 0.2) is 5.67 Å². The molecule has 0 aromatic heterocycles. The minimum atomic E-state index is -1.98. The summed E-state index contributed by atoms with van der Waals surface area (Å²) >= 11 is 0. The molecule has 7 heteroatoms. The Balaban J connectivity index is 1.50. The van der Waals surface area contributed by atoms with Crippen molar-refractivity contribution in [2.75, 3.05) is 20.7 Å². The van der Waals surface area contributed by atoms with Crippen molar-refractivity contribution in [2.45, 2.75) is 110 Å². The molecule has 5 saturated carbocycles. The Bertz CT molecular complexity index is 997. The number of rotatable bonds is 5. The van der Waals surface area contributed by atoms with Gasteiger partial charge in [0.1, 0.15) is 5.78 Å². The quantitative estimate of drug-likeness (QED) is 0.514. The first-order chi connectivity index (χ1) is 17.0. The fourth-order valence-corrected chi connectivity index (χ4v) is 11.0. The monoisotopic (exact) mass is 520 g/mol. The minimum absolute atomic E-state index is 0.0407. The summed E-state index contributed by atoms with van der Waals surface area (Å²) < 4.78 is 14.4. The van der Waals surface area contributed by atoms with E-state index in [1.807, 2.05) is 6.92 Å². The summed E-state index contributed by atoms with van der Waals surface area (Å²) in [5.41, 5.74) is -3.55. The topological polar surface area (TPSA) is 89.9 Å². The van der Waals surface area contributed by atoms with Crippen LogP contribution in [0.5, 0.6) is 0 Å². The minimum Gasteiger partial charge on any atom is -0.396 e. The first-order valence-electron chi connectivity index (χ1n) is 14.4. The first kappa shape index (κ1) is 27.5. The number of amides is 1. The van der Waals surface area contributed by atoms with Crippen molar-refractivity contribution in [2.24, 2.45) is 44.8 Å². The molecule has 3 N–H and O–H groups in total. The van der Waals surface area contributed by atoms with Gasteiger partial charge in [-0.1, -0.05) is 20.8 Å². The largest absolute Gasteiger partial charge is 0.396 e. The predicted octanol–water partition coefficient (Wildman–Crippen LogP) is 3.73. The third kappa shape index (κ3) is 3.20. The Morgan fingerprint density at radius 2 is 1.78 bits per heavy atom. The zero-order chi connectivity index (χ0) is 27.6. The number of aliphatic hydroxyl groups excluding tert-OH is 2. The SMILES string of the molecule is C[C@@H]([C@H]1[C@H](O)C[C@@]2(C)[C@@H]3CC[C@H]4[C@](C)(CO)[C@@H](NC(=O)C(C)(C)F)CC[C@@]45C[C@]35C(=O)C[C@]12C)N(C)C. The Hall–Kier alpha value is -1.05. The Morgan fingerprint density at radius 1 is 1.16 bits per heavy atom. The van der Waals surface area contributed by atoms with E-state index in [1.165, 1.54) is 13.8 Å². The smallest absolute Gasteiger partial charge is 0.257 e. The second-order valence-electron chi connectivity index (χ2n) is 15.1. The van der Waals surface area contributed by atoms with Gasteiger partial charge in [0.05, 0.1) is 12.7 Å². The zero-order valence-corrected chi connectivity index (χ0v) is 24.2. The molecule has 210 valence electrons. The van der Waals surface area contributed by atoms with Gasteiger partial charge in [-0.25, -0.2) is 4.39 Å². The fraction of sp³-hybridized carbons (Fsp3) is 0.933. The number of carbonyl (C=O) groups is 2. The van der Waals surface area contributed by atoms with Gasteiger partial charge in [-0.3, -0.25) is 9.59 Å². The van der Waals surface area contributed by atoms with Gasteiger partial charge in [0.2, 0.25) is 0 Å². The maximum absolute atomic E-state index is 14.4. The van der Waals surface area contributed by atoms with Crippen molar-refractivity contribution in [1.29, 1.82) is 0 Å². The van der Waals surface area contributed by atoms with Crippen molar-refractivity contribution < 1.29 is 24.2 Å². The van der Waals surface area contributed by atoms with Crippen molar-refractivity contribution in [3.63, 3.8) is 0 Å². The normalized spacial score (nSPS) is 51.6. The molecular formula is C30H49FN2O4. The molecule has 5 rings (SSSR count). The van der Waals surface area contributed by atoms with E-state index < -0.39 is 28.5 Å². The molecule has 0 aliphatic heterocycles. The molecule has 6 nitrogen and oxygen atoms in total. The molecule has 5 fully saturated rings. The lowest BCUT2D eigenvalue weighted by Crippen LogP contribution is -2.64. The number of aliphatic hydroxyl groups is 2. The average molecular weight is 521 g/mol. The lowest BCUT2D eigenvalue weighted by molar-refractivity contribution is -0.173. The second kappa shape index (κ2) is 8.00. The number of carbonyl (C=O) groups excluding carboxylic acids is 2. The molecule has 11 atom stereocenters. The van der Waals surface area contributed by atoms with Gasteiger partial charge in [-0.15, -0.1) is 0 Å². The van der Waals surface area contributed by atoms with E-state index in [0.717, 1.165) is 32.1 Å². The number of ketones is 1. The van der Waals surface area contributed by atoms with Crippen LogP contribution in [-0.4, -0.2) is 71.4 Å².